The highest BCUT2D eigenvalue weighted by atomic mass is 15.2. The Morgan fingerprint density at radius 2 is 1.50 bits per heavy atom. The van der Waals surface area contributed by atoms with Crippen molar-refractivity contribution in [3.8, 4) is 11.1 Å². The Morgan fingerprint density at radius 1 is 0.750 bits per heavy atom. The molecule has 0 radical (unpaired) electrons. The molecular weight excluding hydrogens is 290 g/mol. The number of rotatable bonds is 0. The molecule has 2 aromatic rings. The van der Waals surface area contributed by atoms with E-state index in [0.717, 1.165) is 12.8 Å². The molecule has 0 aromatic heterocycles. The van der Waals surface area contributed by atoms with Crippen LogP contribution in [-0.2, 0) is 0 Å². The van der Waals surface area contributed by atoms with Gasteiger partial charge in [0.2, 0.25) is 0 Å². The van der Waals surface area contributed by atoms with Crippen molar-refractivity contribution < 1.29 is 0 Å². The first-order valence-electron chi connectivity index (χ1n) is 8.71. The predicted molar refractivity (Wildman–Crippen MR) is 98.7 cm³/mol. The monoisotopic (exact) mass is 307 g/mol. The van der Waals surface area contributed by atoms with Crippen LogP contribution in [0.5, 0.6) is 0 Å². The molecule has 114 valence electrons. The van der Waals surface area contributed by atoms with Crippen LogP contribution in [-0.4, -0.2) is 0 Å². The van der Waals surface area contributed by atoms with Gasteiger partial charge >= 0.3 is 0 Å². The zero-order valence-corrected chi connectivity index (χ0v) is 13.4. The summed E-state index contributed by atoms with van der Waals surface area (Å²) < 4.78 is 0. The van der Waals surface area contributed by atoms with Crippen LogP contribution in [0, 0.1) is 0 Å². The summed E-state index contributed by atoms with van der Waals surface area (Å²) >= 11 is 0. The van der Waals surface area contributed by atoms with Gasteiger partial charge in [0.1, 0.15) is 0 Å². The Kier molecular flexibility index (Phi) is 2.30. The van der Waals surface area contributed by atoms with Crippen molar-refractivity contribution in [1.82, 2.24) is 0 Å². The van der Waals surface area contributed by atoms with Crippen molar-refractivity contribution in [3.05, 3.63) is 101 Å². The van der Waals surface area contributed by atoms with Crippen LogP contribution in [0.1, 0.15) is 24.4 Å². The lowest BCUT2D eigenvalue weighted by atomic mass is 9.79. The second-order valence-electron chi connectivity index (χ2n) is 6.89. The van der Waals surface area contributed by atoms with Gasteiger partial charge in [-0.1, -0.05) is 66.8 Å². The Balaban J connectivity index is 1.71. The number of para-hydroxylation sites is 1. The van der Waals surface area contributed by atoms with E-state index in [0.29, 0.717) is 6.04 Å². The highest BCUT2D eigenvalue weighted by Gasteiger charge is 2.41. The van der Waals surface area contributed by atoms with E-state index in [2.05, 4.69) is 77.7 Å². The molecular formula is C23H17N. The Hall–Kier alpha value is -2.80. The van der Waals surface area contributed by atoms with E-state index in [-0.39, 0.29) is 0 Å². The SMILES string of the molecule is C1=CC2=C(C1)C1c3ccccc3-c3ccccc3N1C1=C2C=CC1. The summed E-state index contributed by atoms with van der Waals surface area (Å²) in [5, 5.41) is 0. The maximum atomic E-state index is 2.61. The van der Waals surface area contributed by atoms with Gasteiger partial charge in [0.15, 0.2) is 0 Å². The maximum absolute atomic E-state index is 2.61. The van der Waals surface area contributed by atoms with E-state index >= 15 is 0 Å². The molecule has 0 bridgehead atoms. The third kappa shape index (κ3) is 1.41. The molecule has 1 unspecified atom stereocenters. The number of hydrogen-bond donors (Lipinski definition) is 0. The minimum Gasteiger partial charge on any atom is -0.332 e. The summed E-state index contributed by atoms with van der Waals surface area (Å²) in [5.74, 6) is 0. The third-order valence-corrected chi connectivity index (χ3v) is 5.75. The third-order valence-electron chi connectivity index (χ3n) is 5.75. The molecule has 0 spiro atoms. The molecule has 0 N–H and O–H groups in total. The first kappa shape index (κ1) is 12.6. The molecule has 0 saturated heterocycles. The van der Waals surface area contributed by atoms with Crippen molar-refractivity contribution in [2.45, 2.75) is 18.9 Å². The summed E-state index contributed by atoms with van der Waals surface area (Å²) in [5.41, 5.74) is 11.5. The lowest BCUT2D eigenvalue weighted by molar-refractivity contribution is 0.716. The highest BCUT2D eigenvalue weighted by Crippen LogP contribution is 2.55. The first-order chi connectivity index (χ1) is 11.9. The number of benzene rings is 2. The van der Waals surface area contributed by atoms with Crippen molar-refractivity contribution in [2.75, 3.05) is 4.90 Å². The zero-order chi connectivity index (χ0) is 15.7. The molecule has 1 nitrogen and oxygen atoms in total. The number of anilines is 1. The van der Waals surface area contributed by atoms with Gasteiger partial charge in [-0.05, 0) is 34.8 Å². The molecule has 0 saturated carbocycles. The second kappa shape index (κ2) is 4.39. The average Bonchev–Trinajstić information content (AvgIpc) is 3.30. The van der Waals surface area contributed by atoms with Gasteiger partial charge in [-0.15, -0.1) is 0 Å². The van der Waals surface area contributed by atoms with E-state index in [1.165, 1.54) is 39.2 Å². The minimum atomic E-state index is 0.347. The van der Waals surface area contributed by atoms with Crippen molar-refractivity contribution >= 4 is 5.69 Å². The topological polar surface area (TPSA) is 3.24 Å². The minimum absolute atomic E-state index is 0.347. The van der Waals surface area contributed by atoms with Crippen LogP contribution in [0.15, 0.2) is 95.3 Å². The number of hydrogen-bond acceptors (Lipinski definition) is 1. The van der Waals surface area contributed by atoms with Crippen LogP contribution >= 0.6 is 0 Å². The van der Waals surface area contributed by atoms with Gasteiger partial charge in [0.25, 0.3) is 0 Å². The summed E-state index contributed by atoms with van der Waals surface area (Å²) in [6.07, 6.45) is 11.4. The molecule has 0 amide bonds. The van der Waals surface area contributed by atoms with E-state index in [1.807, 2.05) is 0 Å². The summed E-state index contributed by atoms with van der Waals surface area (Å²) in [6.45, 7) is 0. The molecule has 2 aliphatic heterocycles. The maximum Gasteiger partial charge on any atom is 0.0820 e. The molecule has 2 aromatic carbocycles. The number of fused-ring (bicyclic) bond motifs is 9. The Morgan fingerprint density at radius 3 is 2.46 bits per heavy atom. The molecule has 2 heterocycles. The molecule has 1 heteroatoms. The zero-order valence-electron chi connectivity index (χ0n) is 13.4. The molecule has 24 heavy (non-hydrogen) atoms. The quantitative estimate of drug-likeness (QED) is 0.603. The van der Waals surface area contributed by atoms with Crippen LogP contribution in [0.4, 0.5) is 5.69 Å². The lowest BCUT2D eigenvalue weighted by Crippen LogP contribution is -2.35. The molecule has 0 fully saturated rings. The van der Waals surface area contributed by atoms with E-state index < -0.39 is 0 Å². The van der Waals surface area contributed by atoms with Crippen molar-refractivity contribution in [1.29, 1.82) is 0 Å². The van der Waals surface area contributed by atoms with E-state index in [9.17, 15) is 0 Å². The standard InChI is InChI=1S/C23H17N/c1-2-9-19-15(7-1)17-8-3-4-13-21(17)24-22-14-6-11-18(22)16-10-5-12-20(16)23(19)24/h1-11,13,23H,12,14H2. The smallest absolute Gasteiger partial charge is 0.0820 e. The summed E-state index contributed by atoms with van der Waals surface area (Å²) in [6, 6.07) is 18.2. The van der Waals surface area contributed by atoms with E-state index in [4.69, 9.17) is 0 Å². The fourth-order valence-corrected chi connectivity index (χ4v) is 4.83. The van der Waals surface area contributed by atoms with Gasteiger partial charge in [-0.3, -0.25) is 0 Å². The van der Waals surface area contributed by atoms with E-state index in [1.54, 1.807) is 5.57 Å². The van der Waals surface area contributed by atoms with Crippen molar-refractivity contribution in [2.24, 2.45) is 0 Å². The number of nitrogens with zero attached hydrogens (tertiary/aromatic N) is 1. The fourth-order valence-electron chi connectivity index (χ4n) is 4.83. The van der Waals surface area contributed by atoms with Crippen LogP contribution in [0.2, 0.25) is 0 Å². The van der Waals surface area contributed by atoms with Gasteiger partial charge in [-0.2, -0.15) is 0 Å². The number of allylic oxidation sites excluding steroid dienone is 6. The largest absolute Gasteiger partial charge is 0.332 e. The van der Waals surface area contributed by atoms with Gasteiger partial charge in [0, 0.05) is 28.9 Å². The van der Waals surface area contributed by atoms with Crippen molar-refractivity contribution in [3.63, 3.8) is 0 Å². The van der Waals surface area contributed by atoms with Gasteiger partial charge in [0.05, 0.1) is 6.04 Å². The summed E-state index contributed by atoms with van der Waals surface area (Å²) in [7, 11) is 0. The first-order valence-corrected chi connectivity index (χ1v) is 8.71. The van der Waals surface area contributed by atoms with Gasteiger partial charge < -0.3 is 4.90 Å². The normalized spacial score (nSPS) is 22.3. The molecule has 4 aliphatic rings. The fraction of sp³-hybridized carbons (Fsp3) is 0.130. The van der Waals surface area contributed by atoms with Gasteiger partial charge in [-0.25, -0.2) is 0 Å². The molecule has 1 atom stereocenters. The second-order valence-corrected chi connectivity index (χ2v) is 6.89. The molecule has 2 aliphatic carbocycles. The Labute approximate surface area is 141 Å². The summed E-state index contributed by atoms with van der Waals surface area (Å²) in [4.78, 5) is 2.61. The van der Waals surface area contributed by atoms with Crippen LogP contribution < -0.4 is 4.90 Å². The Bertz CT molecular complexity index is 932. The highest BCUT2D eigenvalue weighted by molar-refractivity contribution is 5.89. The van der Waals surface area contributed by atoms with Crippen LogP contribution in [0.3, 0.4) is 0 Å². The predicted octanol–water partition coefficient (Wildman–Crippen LogP) is 5.70. The van der Waals surface area contributed by atoms with Crippen LogP contribution in [0.25, 0.3) is 11.1 Å². The average molecular weight is 307 g/mol. The lowest BCUT2D eigenvalue weighted by Gasteiger charge is -2.45. The molecule has 6 rings (SSSR count).